The standard InChI is InChI=1S/C27H32N2O3/c30-25(18-21-8-2-1-3-9-21)29-16-12-27(13-17-29)20-22(19-26(31)28-14-6-7-15-28)23-10-4-5-11-24(23)32-27/h1-5,8-11,22H,6-7,12-20H2. The van der Waals surface area contributed by atoms with Gasteiger partial charge in [-0.25, -0.2) is 0 Å². The highest BCUT2D eigenvalue weighted by Crippen LogP contribution is 2.46. The minimum Gasteiger partial charge on any atom is -0.487 e. The van der Waals surface area contributed by atoms with Crippen LogP contribution in [0.5, 0.6) is 5.75 Å². The summed E-state index contributed by atoms with van der Waals surface area (Å²) in [5.41, 5.74) is 1.93. The minimum atomic E-state index is -0.284. The van der Waals surface area contributed by atoms with Crippen molar-refractivity contribution in [2.24, 2.45) is 0 Å². The van der Waals surface area contributed by atoms with Crippen LogP contribution < -0.4 is 4.74 Å². The predicted octanol–water partition coefficient (Wildman–Crippen LogP) is 4.17. The number of amides is 2. The first-order valence-corrected chi connectivity index (χ1v) is 12.0. The molecule has 2 aromatic carbocycles. The molecule has 3 aliphatic rings. The summed E-state index contributed by atoms with van der Waals surface area (Å²) in [4.78, 5) is 29.8. The van der Waals surface area contributed by atoms with E-state index in [0.717, 1.165) is 62.1 Å². The molecule has 3 aliphatic heterocycles. The van der Waals surface area contributed by atoms with Crippen molar-refractivity contribution in [1.82, 2.24) is 9.80 Å². The number of ether oxygens (including phenoxy) is 1. The molecule has 2 amide bonds. The fourth-order valence-electron chi connectivity index (χ4n) is 5.59. The molecule has 2 aromatic rings. The van der Waals surface area contributed by atoms with Gasteiger partial charge in [0.25, 0.3) is 0 Å². The summed E-state index contributed by atoms with van der Waals surface area (Å²) in [5, 5.41) is 0. The molecular formula is C27H32N2O3. The molecule has 32 heavy (non-hydrogen) atoms. The molecule has 1 unspecified atom stereocenters. The van der Waals surface area contributed by atoms with Gasteiger partial charge in [-0.3, -0.25) is 9.59 Å². The Hall–Kier alpha value is -2.82. The van der Waals surface area contributed by atoms with Crippen molar-refractivity contribution in [2.45, 2.75) is 56.5 Å². The maximum Gasteiger partial charge on any atom is 0.226 e. The predicted molar refractivity (Wildman–Crippen MR) is 124 cm³/mol. The van der Waals surface area contributed by atoms with Gasteiger partial charge in [-0.1, -0.05) is 48.5 Å². The first-order valence-electron chi connectivity index (χ1n) is 12.0. The molecular weight excluding hydrogens is 400 g/mol. The number of para-hydroxylation sites is 1. The molecule has 1 spiro atoms. The molecule has 5 heteroatoms. The van der Waals surface area contributed by atoms with Crippen molar-refractivity contribution >= 4 is 11.8 Å². The number of hydrogen-bond acceptors (Lipinski definition) is 3. The lowest BCUT2D eigenvalue weighted by molar-refractivity contribution is -0.134. The highest BCUT2D eigenvalue weighted by molar-refractivity contribution is 5.79. The van der Waals surface area contributed by atoms with Crippen LogP contribution in [0.2, 0.25) is 0 Å². The molecule has 168 valence electrons. The Kier molecular flexibility index (Phi) is 5.90. The summed E-state index contributed by atoms with van der Waals surface area (Å²) in [6.45, 7) is 3.21. The molecule has 2 saturated heterocycles. The van der Waals surface area contributed by atoms with Crippen LogP contribution in [-0.2, 0) is 16.0 Å². The normalized spacial score (nSPS) is 21.8. The van der Waals surface area contributed by atoms with Crippen LogP contribution in [0.15, 0.2) is 54.6 Å². The van der Waals surface area contributed by atoms with E-state index in [9.17, 15) is 9.59 Å². The van der Waals surface area contributed by atoms with Gasteiger partial charge in [0.2, 0.25) is 11.8 Å². The zero-order valence-corrected chi connectivity index (χ0v) is 18.7. The van der Waals surface area contributed by atoms with E-state index in [-0.39, 0.29) is 23.3 Å². The molecule has 3 heterocycles. The highest BCUT2D eigenvalue weighted by atomic mass is 16.5. The number of carbonyl (C=O) groups excluding carboxylic acids is 2. The van der Waals surface area contributed by atoms with E-state index in [1.807, 2.05) is 58.3 Å². The first-order chi connectivity index (χ1) is 15.6. The molecule has 5 rings (SSSR count). The van der Waals surface area contributed by atoms with Crippen LogP contribution in [0.3, 0.4) is 0 Å². The van der Waals surface area contributed by atoms with Gasteiger partial charge in [0.15, 0.2) is 0 Å². The smallest absolute Gasteiger partial charge is 0.226 e. The summed E-state index contributed by atoms with van der Waals surface area (Å²) in [5.74, 6) is 1.56. The molecule has 2 fully saturated rings. The molecule has 0 N–H and O–H groups in total. The van der Waals surface area contributed by atoms with Crippen molar-refractivity contribution in [3.63, 3.8) is 0 Å². The number of likely N-dealkylation sites (tertiary alicyclic amines) is 2. The van der Waals surface area contributed by atoms with Crippen LogP contribution in [0.1, 0.15) is 55.6 Å². The van der Waals surface area contributed by atoms with Crippen molar-refractivity contribution in [3.05, 3.63) is 65.7 Å². The van der Waals surface area contributed by atoms with Crippen molar-refractivity contribution in [2.75, 3.05) is 26.2 Å². The molecule has 0 bridgehead atoms. The summed E-state index contributed by atoms with van der Waals surface area (Å²) in [7, 11) is 0. The van der Waals surface area contributed by atoms with Crippen LogP contribution in [0, 0.1) is 0 Å². The third kappa shape index (κ3) is 4.38. The van der Waals surface area contributed by atoms with E-state index in [0.29, 0.717) is 25.9 Å². The van der Waals surface area contributed by atoms with Gasteiger partial charge >= 0.3 is 0 Å². The second-order valence-electron chi connectivity index (χ2n) is 9.56. The average Bonchev–Trinajstić information content (AvgIpc) is 3.35. The largest absolute Gasteiger partial charge is 0.487 e. The van der Waals surface area contributed by atoms with Crippen molar-refractivity contribution in [3.8, 4) is 5.75 Å². The molecule has 0 radical (unpaired) electrons. The molecule has 1 atom stereocenters. The Labute approximate surface area is 190 Å². The average molecular weight is 433 g/mol. The maximum absolute atomic E-state index is 12.9. The fourth-order valence-corrected chi connectivity index (χ4v) is 5.59. The van der Waals surface area contributed by atoms with Crippen molar-refractivity contribution in [1.29, 1.82) is 0 Å². The molecule has 5 nitrogen and oxygen atoms in total. The Bertz CT molecular complexity index is 960. The van der Waals surface area contributed by atoms with Gasteiger partial charge in [-0.05, 0) is 36.5 Å². The first kappa shape index (κ1) is 21.0. The van der Waals surface area contributed by atoms with E-state index in [2.05, 4.69) is 6.07 Å². The SMILES string of the molecule is O=C(Cc1ccccc1)N1CCC2(CC1)CC(CC(=O)N1CCCC1)c1ccccc1O2. The lowest BCUT2D eigenvalue weighted by atomic mass is 9.76. The monoisotopic (exact) mass is 432 g/mol. The number of nitrogens with zero attached hydrogens (tertiary/aromatic N) is 2. The van der Waals surface area contributed by atoms with E-state index in [4.69, 9.17) is 4.74 Å². The number of fused-ring (bicyclic) bond motifs is 1. The van der Waals surface area contributed by atoms with Crippen LogP contribution in [0.25, 0.3) is 0 Å². The number of carbonyl (C=O) groups is 2. The van der Waals surface area contributed by atoms with E-state index >= 15 is 0 Å². The van der Waals surface area contributed by atoms with Gasteiger partial charge in [-0.15, -0.1) is 0 Å². The molecule has 0 aliphatic carbocycles. The number of hydrogen-bond donors (Lipinski definition) is 0. The lowest BCUT2D eigenvalue weighted by Gasteiger charge is -2.47. The molecule has 0 saturated carbocycles. The Balaban J connectivity index is 1.27. The lowest BCUT2D eigenvalue weighted by Crippen LogP contribution is -2.52. The van der Waals surface area contributed by atoms with Gasteiger partial charge in [0.05, 0.1) is 6.42 Å². The highest BCUT2D eigenvalue weighted by Gasteiger charge is 2.44. The Morgan fingerprint density at radius 1 is 0.844 bits per heavy atom. The van der Waals surface area contributed by atoms with Gasteiger partial charge in [-0.2, -0.15) is 0 Å². The summed E-state index contributed by atoms with van der Waals surface area (Å²) in [6.07, 6.45) is 5.72. The summed E-state index contributed by atoms with van der Waals surface area (Å²) >= 11 is 0. The Morgan fingerprint density at radius 2 is 1.50 bits per heavy atom. The number of benzene rings is 2. The van der Waals surface area contributed by atoms with E-state index < -0.39 is 0 Å². The van der Waals surface area contributed by atoms with Crippen LogP contribution in [-0.4, -0.2) is 53.4 Å². The fraction of sp³-hybridized carbons (Fsp3) is 0.481. The van der Waals surface area contributed by atoms with E-state index in [1.165, 1.54) is 0 Å². The second-order valence-corrected chi connectivity index (χ2v) is 9.56. The Morgan fingerprint density at radius 3 is 2.25 bits per heavy atom. The van der Waals surface area contributed by atoms with Crippen molar-refractivity contribution < 1.29 is 14.3 Å². The summed E-state index contributed by atoms with van der Waals surface area (Å²) in [6, 6.07) is 18.1. The van der Waals surface area contributed by atoms with Crippen LogP contribution >= 0.6 is 0 Å². The molecule has 0 aromatic heterocycles. The quantitative estimate of drug-likeness (QED) is 0.729. The number of piperidine rings is 1. The number of rotatable bonds is 4. The zero-order chi connectivity index (χ0) is 22.0. The minimum absolute atomic E-state index is 0.180. The zero-order valence-electron chi connectivity index (χ0n) is 18.7. The van der Waals surface area contributed by atoms with E-state index in [1.54, 1.807) is 0 Å². The van der Waals surface area contributed by atoms with Gasteiger partial charge < -0.3 is 14.5 Å². The second kappa shape index (κ2) is 8.97. The third-order valence-corrected chi connectivity index (χ3v) is 7.41. The third-order valence-electron chi connectivity index (χ3n) is 7.41. The maximum atomic E-state index is 12.9. The van der Waals surface area contributed by atoms with Gasteiger partial charge in [0, 0.05) is 51.4 Å². The summed E-state index contributed by atoms with van der Waals surface area (Å²) < 4.78 is 6.58. The van der Waals surface area contributed by atoms with Gasteiger partial charge in [0.1, 0.15) is 11.4 Å². The van der Waals surface area contributed by atoms with Crippen LogP contribution in [0.4, 0.5) is 0 Å². The topological polar surface area (TPSA) is 49.9 Å².